The summed E-state index contributed by atoms with van der Waals surface area (Å²) in [6, 6.07) is 3.72. The summed E-state index contributed by atoms with van der Waals surface area (Å²) in [7, 11) is 3.15. The van der Waals surface area contributed by atoms with Crippen LogP contribution in [0.15, 0.2) is 35.1 Å². The molecule has 1 fully saturated rings. The minimum atomic E-state index is -2.63. The van der Waals surface area contributed by atoms with Crippen LogP contribution in [0.4, 0.5) is 0 Å². The highest BCUT2D eigenvalue weighted by Gasteiger charge is 2.65. The van der Waals surface area contributed by atoms with Gasteiger partial charge in [0.25, 0.3) is 5.91 Å². The van der Waals surface area contributed by atoms with Gasteiger partial charge >= 0.3 is 0 Å². The summed E-state index contributed by atoms with van der Waals surface area (Å²) in [5, 5.41) is 44.1. The number of phenols is 1. The standard InChI is InChI=1S/C24H28N2O7/c1-9(2)14-10-6-5-7-13(27)15(10)19(28)16-11(14)8-12-18(26(3)4)20(29)17(23(25)32)22(31)24(12,33)21(16)30/h5-7,9,11-12,14,18,27-28,31,33H,8H2,1-4H3,(H2,25,32)/t11-,12+,14+,18+,24+/m1/s1. The molecule has 0 radical (unpaired) electrons. The van der Waals surface area contributed by atoms with Crippen LogP contribution in [-0.4, -0.2) is 68.5 Å². The third-order valence-corrected chi connectivity index (χ3v) is 7.38. The summed E-state index contributed by atoms with van der Waals surface area (Å²) in [5.74, 6) is -6.82. The number of phenolic OH excluding ortho intramolecular Hbond substituents is 1. The van der Waals surface area contributed by atoms with Gasteiger partial charge in [0, 0.05) is 11.5 Å². The molecule has 1 amide bonds. The number of nitrogens with two attached hydrogens (primary N) is 1. The number of nitrogens with zero attached hydrogens (tertiary/aromatic N) is 1. The lowest BCUT2D eigenvalue weighted by Crippen LogP contribution is -2.66. The summed E-state index contributed by atoms with van der Waals surface area (Å²) >= 11 is 0. The normalized spacial score (nSPS) is 31.6. The molecule has 0 aromatic heterocycles. The first kappa shape index (κ1) is 23.0. The summed E-state index contributed by atoms with van der Waals surface area (Å²) in [5.41, 5.74) is 2.51. The zero-order valence-corrected chi connectivity index (χ0v) is 18.9. The number of likely N-dealkylation sites (N-methyl/N-ethyl adjacent to an activating group) is 1. The fourth-order valence-corrected chi connectivity index (χ4v) is 6.09. The van der Waals surface area contributed by atoms with Crippen molar-refractivity contribution in [1.82, 2.24) is 4.90 Å². The summed E-state index contributed by atoms with van der Waals surface area (Å²) in [6.45, 7) is 3.89. The number of Topliss-reactive ketones (excluding diaryl/α,β-unsaturated/α-hetero) is 2. The van der Waals surface area contributed by atoms with Gasteiger partial charge in [-0.1, -0.05) is 26.0 Å². The number of ketones is 2. The molecule has 0 aliphatic heterocycles. The maximum absolute atomic E-state index is 13.8. The van der Waals surface area contributed by atoms with Crippen molar-refractivity contribution >= 4 is 23.2 Å². The second-order valence-electron chi connectivity index (χ2n) is 9.68. The Bertz CT molecular complexity index is 1150. The Balaban J connectivity index is 2.04. The zero-order valence-electron chi connectivity index (χ0n) is 18.9. The minimum absolute atomic E-state index is 0.0277. The molecule has 0 heterocycles. The number of benzene rings is 1. The molecule has 3 aliphatic carbocycles. The first-order valence-electron chi connectivity index (χ1n) is 10.8. The predicted molar refractivity (Wildman–Crippen MR) is 118 cm³/mol. The molecule has 3 aliphatic rings. The van der Waals surface area contributed by atoms with Crippen LogP contribution in [0.25, 0.3) is 5.76 Å². The molecule has 1 saturated carbocycles. The van der Waals surface area contributed by atoms with Crippen molar-refractivity contribution in [3.05, 3.63) is 46.2 Å². The quantitative estimate of drug-likeness (QED) is 0.423. The van der Waals surface area contributed by atoms with Crippen molar-refractivity contribution in [2.45, 2.75) is 37.8 Å². The summed E-state index contributed by atoms with van der Waals surface area (Å²) < 4.78 is 0. The van der Waals surface area contributed by atoms with Crippen LogP contribution in [0.1, 0.15) is 37.3 Å². The van der Waals surface area contributed by atoms with E-state index in [9.17, 15) is 34.8 Å². The van der Waals surface area contributed by atoms with Crippen molar-refractivity contribution < 1.29 is 34.8 Å². The second-order valence-corrected chi connectivity index (χ2v) is 9.68. The molecule has 1 aromatic rings. The molecule has 1 aromatic carbocycles. The van der Waals surface area contributed by atoms with Crippen molar-refractivity contribution in [3.8, 4) is 5.75 Å². The van der Waals surface area contributed by atoms with Crippen LogP contribution < -0.4 is 5.73 Å². The Kier molecular flexibility index (Phi) is 5.18. The minimum Gasteiger partial charge on any atom is -0.508 e. The Morgan fingerprint density at radius 1 is 1.18 bits per heavy atom. The van der Waals surface area contributed by atoms with Crippen LogP contribution in [0, 0.1) is 17.8 Å². The van der Waals surface area contributed by atoms with Gasteiger partial charge in [0.2, 0.25) is 5.78 Å². The van der Waals surface area contributed by atoms with E-state index >= 15 is 0 Å². The lowest BCUT2D eigenvalue weighted by Gasteiger charge is -2.52. The van der Waals surface area contributed by atoms with E-state index < -0.39 is 58.0 Å². The van der Waals surface area contributed by atoms with Crippen LogP contribution in [0.2, 0.25) is 0 Å². The van der Waals surface area contributed by atoms with Gasteiger partial charge in [-0.15, -0.1) is 0 Å². The number of hydrogen-bond donors (Lipinski definition) is 5. The third kappa shape index (κ3) is 2.88. The second kappa shape index (κ2) is 7.43. The molecular weight excluding hydrogens is 428 g/mol. The summed E-state index contributed by atoms with van der Waals surface area (Å²) in [4.78, 5) is 40.5. The van der Waals surface area contributed by atoms with Gasteiger partial charge < -0.3 is 26.2 Å². The molecule has 33 heavy (non-hydrogen) atoms. The van der Waals surface area contributed by atoms with Crippen LogP contribution in [0.3, 0.4) is 0 Å². The highest BCUT2D eigenvalue weighted by Crippen LogP contribution is 2.57. The maximum Gasteiger partial charge on any atom is 0.255 e. The van der Waals surface area contributed by atoms with Gasteiger partial charge in [0.15, 0.2) is 11.4 Å². The van der Waals surface area contributed by atoms with Gasteiger partial charge in [-0.2, -0.15) is 0 Å². The SMILES string of the molecule is CC(C)[C@H]1c2cccc(O)c2C(O)=C2C(=O)[C@]3(O)C(O)=C(C(N)=O)C(=O)[C@@H](N(C)C)[C@@H]3C[C@@H]21. The monoisotopic (exact) mass is 456 g/mol. The Labute approximate surface area is 190 Å². The van der Waals surface area contributed by atoms with Crippen molar-refractivity contribution in [1.29, 1.82) is 0 Å². The first-order chi connectivity index (χ1) is 15.3. The number of carbonyl (C=O) groups excluding carboxylic acids is 3. The van der Waals surface area contributed by atoms with Crippen LogP contribution >= 0.6 is 0 Å². The number of aliphatic hydroxyl groups excluding tert-OH is 2. The largest absolute Gasteiger partial charge is 0.508 e. The number of aliphatic hydroxyl groups is 3. The Hall–Kier alpha value is -3.17. The van der Waals surface area contributed by atoms with Crippen molar-refractivity contribution in [3.63, 3.8) is 0 Å². The predicted octanol–water partition coefficient (Wildman–Crippen LogP) is 1.16. The molecule has 0 spiro atoms. The van der Waals surface area contributed by atoms with E-state index in [4.69, 9.17) is 5.73 Å². The average Bonchev–Trinajstić information content (AvgIpc) is 2.70. The van der Waals surface area contributed by atoms with Crippen molar-refractivity contribution in [2.75, 3.05) is 14.1 Å². The van der Waals surface area contributed by atoms with Crippen LogP contribution in [0.5, 0.6) is 5.75 Å². The molecule has 9 heteroatoms. The van der Waals surface area contributed by atoms with Gasteiger partial charge in [0.1, 0.15) is 22.8 Å². The average molecular weight is 456 g/mol. The van der Waals surface area contributed by atoms with Crippen LogP contribution in [-0.2, 0) is 14.4 Å². The molecule has 176 valence electrons. The van der Waals surface area contributed by atoms with E-state index in [1.165, 1.54) is 11.0 Å². The van der Waals surface area contributed by atoms with E-state index in [2.05, 4.69) is 0 Å². The van der Waals surface area contributed by atoms with Gasteiger partial charge in [-0.25, -0.2) is 0 Å². The topological polar surface area (TPSA) is 161 Å². The zero-order chi connectivity index (χ0) is 24.6. The van der Waals surface area contributed by atoms with E-state index in [0.717, 1.165) is 0 Å². The molecule has 0 saturated heterocycles. The Morgan fingerprint density at radius 3 is 2.36 bits per heavy atom. The van der Waals surface area contributed by atoms with E-state index in [0.29, 0.717) is 5.56 Å². The fourth-order valence-electron chi connectivity index (χ4n) is 6.09. The first-order valence-corrected chi connectivity index (χ1v) is 10.8. The van der Waals surface area contributed by atoms with E-state index in [-0.39, 0.29) is 35.1 Å². The smallest absolute Gasteiger partial charge is 0.255 e. The number of carbonyl (C=O) groups is 3. The van der Waals surface area contributed by atoms with E-state index in [1.807, 2.05) is 13.8 Å². The number of hydrogen-bond acceptors (Lipinski definition) is 8. The molecule has 5 atom stereocenters. The van der Waals surface area contributed by atoms with Gasteiger partial charge in [0.05, 0.1) is 11.6 Å². The molecule has 6 N–H and O–H groups in total. The number of rotatable bonds is 3. The Morgan fingerprint density at radius 2 is 1.82 bits per heavy atom. The van der Waals surface area contributed by atoms with Gasteiger partial charge in [-0.3, -0.25) is 19.3 Å². The number of aromatic hydroxyl groups is 1. The fraction of sp³-hybridized carbons (Fsp3) is 0.458. The molecule has 0 bridgehead atoms. The maximum atomic E-state index is 13.8. The summed E-state index contributed by atoms with van der Waals surface area (Å²) in [6.07, 6.45) is 0.0737. The lowest BCUT2D eigenvalue weighted by atomic mass is 9.54. The number of primary amides is 1. The highest BCUT2D eigenvalue weighted by molar-refractivity contribution is 6.24. The molecule has 4 rings (SSSR count). The molecule has 0 unspecified atom stereocenters. The number of amides is 1. The van der Waals surface area contributed by atoms with E-state index in [1.54, 1.807) is 26.2 Å². The lowest BCUT2D eigenvalue weighted by molar-refractivity contribution is -0.154. The number of fused-ring (bicyclic) bond motifs is 3. The third-order valence-electron chi connectivity index (χ3n) is 7.38. The van der Waals surface area contributed by atoms with Crippen molar-refractivity contribution in [2.24, 2.45) is 23.5 Å². The highest BCUT2D eigenvalue weighted by atomic mass is 16.3. The van der Waals surface area contributed by atoms with Gasteiger partial charge in [-0.05, 0) is 49.9 Å². The molecule has 9 nitrogen and oxygen atoms in total. The molecular formula is C24H28N2O7.